The Labute approximate surface area is 152 Å². The van der Waals surface area contributed by atoms with Gasteiger partial charge >= 0.3 is 0 Å². The van der Waals surface area contributed by atoms with E-state index in [-0.39, 0.29) is 0 Å². The van der Waals surface area contributed by atoms with Crippen molar-refractivity contribution in [3.63, 3.8) is 0 Å². The van der Waals surface area contributed by atoms with E-state index in [1.807, 2.05) is 78.9 Å². The van der Waals surface area contributed by atoms with Crippen LogP contribution in [0.1, 0.15) is 11.4 Å². The maximum atomic E-state index is 4.68. The summed E-state index contributed by atoms with van der Waals surface area (Å²) in [5.74, 6) is 1.96. The van der Waals surface area contributed by atoms with Gasteiger partial charge in [-0.15, -0.1) is 0 Å². The van der Waals surface area contributed by atoms with Gasteiger partial charge in [-0.2, -0.15) is 9.97 Å². The molecule has 4 aromatic rings. The van der Waals surface area contributed by atoms with Gasteiger partial charge in [0, 0.05) is 17.7 Å². The molecule has 0 saturated heterocycles. The number of benzene rings is 3. The standard InChI is InChI=1S/C22H18N4/c1-4-10-17(11-5-1)16-20-24-21(18-12-6-2-7-13-18)26-22(25-20)23-19-14-8-3-9-15-19/h1-15H,16H2,(H,23,24,25,26). The topological polar surface area (TPSA) is 50.7 Å². The van der Waals surface area contributed by atoms with Crippen LogP contribution in [0.5, 0.6) is 0 Å². The van der Waals surface area contributed by atoms with Gasteiger partial charge in [0.25, 0.3) is 0 Å². The Balaban J connectivity index is 1.72. The fourth-order valence-electron chi connectivity index (χ4n) is 2.70. The van der Waals surface area contributed by atoms with Crippen molar-refractivity contribution in [1.82, 2.24) is 15.0 Å². The van der Waals surface area contributed by atoms with Crippen LogP contribution in [0, 0.1) is 0 Å². The number of rotatable bonds is 5. The van der Waals surface area contributed by atoms with Gasteiger partial charge in [0.2, 0.25) is 5.95 Å². The third-order valence-corrected chi connectivity index (χ3v) is 3.95. The van der Waals surface area contributed by atoms with E-state index in [9.17, 15) is 0 Å². The lowest BCUT2D eigenvalue weighted by atomic mass is 10.1. The van der Waals surface area contributed by atoms with Gasteiger partial charge in [-0.3, -0.25) is 0 Å². The molecule has 0 amide bonds. The van der Waals surface area contributed by atoms with Crippen LogP contribution >= 0.6 is 0 Å². The largest absolute Gasteiger partial charge is 0.324 e. The second kappa shape index (κ2) is 7.57. The summed E-state index contributed by atoms with van der Waals surface area (Å²) in [6, 6.07) is 30.1. The molecular formula is C22H18N4. The summed E-state index contributed by atoms with van der Waals surface area (Å²) in [7, 11) is 0. The van der Waals surface area contributed by atoms with Gasteiger partial charge in [-0.25, -0.2) is 4.98 Å². The third-order valence-electron chi connectivity index (χ3n) is 3.95. The number of para-hydroxylation sites is 1. The van der Waals surface area contributed by atoms with Crippen molar-refractivity contribution in [2.75, 3.05) is 5.32 Å². The summed E-state index contributed by atoms with van der Waals surface area (Å²) in [5, 5.41) is 3.28. The predicted molar refractivity (Wildman–Crippen MR) is 104 cm³/mol. The molecule has 0 spiro atoms. The van der Waals surface area contributed by atoms with Gasteiger partial charge in [0.15, 0.2) is 5.82 Å². The first-order valence-corrected chi connectivity index (χ1v) is 8.53. The third kappa shape index (κ3) is 3.92. The molecule has 1 heterocycles. The number of hydrogen-bond acceptors (Lipinski definition) is 4. The van der Waals surface area contributed by atoms with Gasteiger partial charge in [-0.05, 0) is 17.7 Å². The van der Waals surface area contributed by atoms with Crippen molar-refractivity contribution >= 4 is 11.6 Å². The molecule has 0 radical (unpaired) electrons. The van der Waals surface area contributed by atoms with E-state index >= 15 is 0 Å². The van der Waals surface area contributed by atoms with Crippen LogP contribution in [0.25, 0.3) is 11.4 Å². The molecule has 4 heteroatoms. The summed E-state index contributed by atoms with van der Waals surface area (Å²) in [6.07, 6.45) is 0.659. The van der Waals surface area contributed by atoms with E-state index < -0.39 is 0 Å². The van der Waals surface area contributed by atoms with Crippen molar-refractivity contribution in [3.8, 4) is 11.4 Å². The smallest absolute Gasteiger partial charge is 0.231 e. The second-order valence-corrected chi connectivity index (χ2v) is 5.92. The highest BCUT2D eigenvalue weighted by molar-refractivity contribution is 5.59. The summed E-state index contributed by atoms with van der Waals surface area (Å²) in [5.41, 5.74) is 3.09. The molecule has 4 rings (SSSR count). The SMILES string of the molecule is c1ccc(Cc2nc(Nc3ccccc3)nc(-c3ccccc3)n2)cc1. The normalized spacial score (nSPS) is 10.5. The van der Waals surface area contributed by atoms with Crippen LogP contribution in [0.2, 0.25) is 0 Å². The van der Waals surface area contributed by atoms with E-state index in [0.29, 0.717) is 18.2 Å². The van der Waals surface area contributed by atoms with E-state index in [0.717, 1.165) is 17.1 Å². The lowest BCUT2D eigenvalue weighted by molar-refractivity contribution is 0.932. The molecule has 3 aromatic carbocycles. The first-order chi connectivity index (χ1) is 12.9. The molecule has 0 aliphatic rings. The minimum atomic E-state index is 0.552. The molecule has 1 aromatic heterocycles. The summed E-state index contributed by atoms with van der Waals surface area (Å²) < 4.78 is 0. The molecule has 1 N–H and O–H groups in total. The molecule has 126 valence electrons. The molecule has 0 aliphatic heterocycles. The molecule has 4 nitrogen and oxygen atoms in total. The van der Waals surface area contributed by atoms with E-state index in [2.05, 4.69) is 32.4 Å². The molecule has 26 heavy (non-hydrogen) atoms. The zero-order chi connectivity index (χ0) is 17.6. The summed E-state index contributed by atoms with van der Waals surface area (Å²) in [6.45, 7) is 0. The van der Waals surface area contributed by atoms with Crippen molar-refractivity contribution < 1.29 is 0 Å². The first kappa shape index (κ1) is 16.0. The maximum absolute atomic E-state index is 4.68. The predicted octanol–water partition coefficient (Wildman–Crippen LogP) is 4.87. The average molecular weight is 338 g/mol. The molecular weight excluding hydrogens is 320 g/mol. The van der Waals surface area contributed by atoms with Crippen molar-refractivity contribution in [2.45, 2.75) is 6.42 Å². The highest BCUT2D eigenvalue weighted by Gasteiger charge is 2.09. The first-order valence-electron chi connectivity index (χ1n) is 8.53. The van der Waals surface area contributed by atoms with E-state index in [1.165, 1.54) is 5.56 Å². The monoisotopic (exact) mass is 338 g/mol. The average Bonchev–Trinajstić information content (AvgIpc) is 2.70. The maximum Gasteiger partial charge on any atom is 0.231 e. The Morgan fingerprint density at radius 3 is 1.92 bits per heavy atom. The van der Waals surface area contributed by atoms with Crippen LogP contribution in [0.15, 0.2) is 91.0 Å². The van der Waals surface area contributed by atoms with Crippen LogP contribution in [0.4, 0.5) is 11.6 Å². The number of nitrogens with one attached hydrogen (secondary N) is 1. The number of aromatic nitrogens is 3. The molecule has 0 fully saturated rings. The Morgan fingerprint density at radius 1 is 0.615 bits per heavy atom. The minimum absolute atomic E-state index is 0.552. The fourth-order valence-corrected chi connectivity index (χ4v) is 2.70. The van der Waals surface area contributed by atoms with Gasteiger partial charge in [0.05, 0.1) is 0 Å². The summed E-state index contributed by atoms with van der Waals surface area (Å²) >= 11 is 0. The molecule has 0 saturated carbocycles. The molecule has 0 unspecified atom stereocenters. The fraction of sp³-hybridized carbons (Fsp3) is 0.0455. The Kier molecular flexibility index (Phi) is 4.65. The quantitative estimate of drug-likeness (QED) is 0.564. The van der Waals surface area contributed by atoms with Crippen molar-refractivity contribution in [3.05, 3.63) is 102 Å². The van der Waals surface area contributed by atoms with Crippen molar-refractivity contribution in [2.24, 2.45) is 0 Å². The highest BCUT2D eigenvalue weighted by atomic mass is 15.2. The zero-order valence-electron chi connectivity index (χ0n) is 14.2. The lowest BCUT2D eigenvalue weighted by Crippen LogP contribution is -2.06. The summed E-state index contributed by atoms with van der Waals surface area (Å²) in [4.78, 5) is 13.9. The Hall–Kier alpha value is -3.53. The highest BCUT2D eigenvalue weighted by Crippen LogP contribution is 2.19. The number of nitrogens with zero attached hydrogens (tertiary/aromatic N) is 3. The van der Waals surface area contributed by atoms with Crippen LogP contribution in [0.3, 0.4) is 0 Å². The van der Waals surface area contributed by atoms with E-state index in [4.69, 9.17) is 0 Å². The second-order valence-electron chi connectivity index (χ2n) is 5.92. The van der Waals surface area contributed by atoms with Gasteiger partial charge < -0.3 is 5.32 Å². The molecule has 0 atom stereocenters. The van der Waals surface area contributed by atoms with Crippen molar-refractivity contribution in [1.29, 1.82) is 0 Å². The Morgan fingerprint density at radius 2 is 1.23 bits per heavy atom. The van der Waals surface area contributed by atoms with E-state index in [1.54, 1.807) is 0 Å². The van der Waals surface area contributed by atoms with Gasteiger partial charge in [0.1, 0.15) is 5.82 Å². The number of anilines is 2. The Bertz CT molecular complexity index is 911. The van der Waals surface area contributed by atoms with Crippen LogP contribution < -0.4 is 5.32 Å². The zero-order valence-corrected chi connectivity index (χ0v) is 14.2. The van der Waals surface area contributed by atoms with Gasteiger partial charge in [-0.1, -0.05) is 78.9 Å². The minimum Gasteiger partial charge on any atom is -0.324 e. The van der Waals surface area contributed by atoms with Crippen LogP contribution in [-0.4, -0.2) is 15.0 Å². The molecule has 0 bridgehead atoms. The molecule has 0 aliphatic carbocycles. The lowest BCUT2D eigenvalue weighted by Gasteiger charge is -2.09. The number of hydrogen-bond donors (Lipinski definition) is 1. The van der Waals surface area contributed by atoms with Crippen LogP contribution in [-0.2, 0) is 6.42 Å².